The van der Waals surface area contributed by atoms with Crippen molar-refractivity contribution in [1.29, 1.82) is 0 Å². The standard InChI is InChI=1S/C19H24N2O3/c22-13-19-11-20(17(23)8-14-6-7-14)9-16(19)10-21(12-19)18(24)15-4-2-1-3-5-15/h1-5,14,16,22H,6-13H2/t16-,19+/m0/s1. The number of amides is 2. The Kier molecular flexibility index (Phi) is 3.83. The van der Waals surface area contributed by atoms with Gasteiger partial charge in [0, 0.05) is 49.5 Å². The van der Waals surface area contributed by atoms with Crippen LogP contribution in [-0.4, -0.2) is 59.5 Å². The molecule has 3 fully saturated rings. The van der Waals surface area contributed by atoms with E-state index in [0.29, 0.717) is 44.1 Å². The smallest absolute Gasteiger partial charge is 0.253 e. The quantitative estimate of drug-likeness (QED) is 0.908. The Bertz CT molecular complexity index is 643. The van der Waals surface area contributed by atoms with E-state index in [4.69, 9.17) is 0 Å². The van der Waals surface area contributed by atoms with Gasteiger partial charge in [-0.25, -0.2) is 0 Å². The van der Waals surface area contributed by atoms with Crippen molar-refractivity contribution in [3.63, 3.8) is 0 Å². The fourth-order valence-electron chi connectivity index (χ4n) is 4.21. The zero-order valence-electron chi connectivity index (χ0n) is 13.9. The SMILES string of the molecule is O=C(CC1CC1)N1C[C@H]2CN(C(=O)c3ccccc3)C[C@@]2(CO)C1. The first kappa shape index (κ1) is 15.6. The van der Waals surface area contributed by atoms with E-state index >= 15 is 0 Å². The predicted octanol–water partition coefficient (Wildman–Crippen LogP) is 1.38. The molecule has 5 heteroatoms. The molecule has 5 nitrogen and oxygen atoms in total. The van der Waals surface area contributed by atoms with Gasteiger partial charge >= 0.3 is 0 Å². The third-order valence-corrected chi connectivity index (χ3v) is 5.89. The van der Waals surface area contributed by atoms with Crippen molar-refractivity contribution in [1.82, 2.24) is 9.80 Å². The highest BCUT2D eigenvalue weighted by Crippen LogP contribution is 2.43. The van der Waals surface area contributed by atoms with E-state index < -0.39 is 0 Å². The van der Waals surface area contributed by atoms with E-state index in [2.05, 4.69) is 0 Å². The summed E-state index contributed by atoms with van der Waals surface area (Å²) in [5.41, 5.74) is 0.344. The van der Waals surface area contributed by atoms with Crippen LogP contribution in [0, 0.1) is 17.3 Å². The lowest BCUT2D eigenvalue weighted by Gasteiger charge is -2.27. The van der Waals surface area contributed by atoms with E-state index in [0.717, 1.165) is 0 Å². The van der Waals surface area contributed by atoms with Crippen LogP contribution >= 0.6 is 0 Å². The molecule has 0 unspecified atom stereocenters. The summed E-state index contributed by atoms with van der Waals surface area (Å²) in [6.07, 6.45) is 3.00. The summed E-state index contributed by atoms with van der Waals surface area (Å²) in [6.45, 7) is 2.45. The van der Waals surface area contributed by atoms with Gasteiger partial charge < -0.3 is 14.9 Å². The molecule has 0 radical (unpaired) electrons. The van der Waals surface area contributed by atoms with Crippen LogP contribution in [0.15, 0.2) is 30.3 Å². The molecule has 1 aromatic rings. The molecule has 0 aromatic heterocycles. The summed E-state index contributed by atoms with van der Waals surface area (Å²) in [5, 5.41) is 10.0. The molecule has 1 aromatic carbocycles. The highest BCUT2D eigenvalue weighted by atomic mass is 16.3. The summed E-state index contributed by atoms with van der Waals surface area (Å²) in [5.74, 6) is 1.01. The Balaban J connectivity index is 1.45. The number of aliphatic hydroxyl groups is 1. The van der Waals surface area contributed by atoms with Gasteiger partial charge in [-0.2, -0.15) is 0 Å². The van der Waals surface area contributed by atoms with Crippen LogP contribution in [0.5, 0.6) is 0 Å². The molecule has 128 valence electrons. The highest BCUT2D eigenvalue weighted by molar-refractivity contribution is 5.94. The van der Waals surface area contributed by atoms with Gasteiger partial charge in [-0.15, -0.1) is 0 Å². The number of carbonyl (C=O) groups is 2. The van der Waals surface area contributed by atoms with Crippen molar-refractivity contribution < 1.29 is 14.7 Å². The Morgan fingerprint density at radius 1 is 1.08 bits per heavy atom. The van der Waals surface area contributed by atoms with Crippen LogP contribution < -0.4 is 0 Å². The van der Waals surface area contributed by atoms with Crippen molar-refractivity contribution in [3.05, 3.63) is 35.9 Å². The fourth-order valence-corrected chi connectivity index (χ4v) is 4.21. The third-order valence-electron chi connectivity index (χ3n) is 5.89. The number of fused-ring (bicyclic) bond motifs is 1. The van der Waals surface area contributed by atoms with Gasteiger partial charge in [-0.05, 0) is 30.9 Å². The molecule has 1 aliphatic carbocycles. The molecule has 3 aliphatic rings. The number of nitrogens with zero attached hydrogens (tertiary/aromatic N) is 2. The topological polar surface area (TPSA) is 60.9 Å². The fraction of sp³-hybridized carbons (Fsp3) is 0.579. The van der Waals surface area contributed by atoms with Crippen molar-refractivity contribution in [3.8, 4) is 0 Å². The lowest BCUT2D eigenvalue weighted by Crippen LogP contribution is -2.40. The van der Waals surface area contributed by atoms with Gasteiger partial charge in [0.15, 0.2) is 0 Å². The molecule has 2 heterocycles. The lowest BCUT2D eigenvalue weighted by atomic mass is 9.82. The van der Waals surface area contributed by atoms with Gasteiger partial charge in [0.2, 0.25) is 5.91 Å². The van der Waals surface area contributed by atoms with Crippen molar-refractivity contribution in [2.75, 3.05) is 32.8 Å². The molecule has 4 rings (SSSR count). The average molecular weight is 328 g/mol. The minimum atomic E-state index is -0.344. The van der Waals surface area contributed by atoms with Crippen LogP contribution in [0.4, 0.5) is 0 Å². The second-order valence-electron chi connectivity index (χ2n) is 7.69. The minimum Gasteiger partial charge on any atom is -0.396 e. The summed E-state index contributed by atoms with van der Waals surface area (Å²) in [7, 11) is 0. The molecule has 2 atom stereocenters. The molecule has 1 saturated carbocycles. The molecule has 0 spiro atoms. The Labute approximate surface area is 142 Å². The lowest BCUT2D eigenvalue weighted by molar-refractivity contribution is -0.131. The van der Waals surface area contributed by atoms with Gasteiger partial charge in [-0.1, -0.05) is 18.2 Å². The minimum absolute atomic E-state index is 0.0219. The zero-order valence-corrected chi connectivity index (χ0v) is 13.9. The molecule has 1 N–H and O–H groups in total. The number of aliphatic hydroxyl groups excluding tert-OH is 1. The highest BCUT2D eigenvalue weighted by Gasteiger charge is 2.54. The largest absolute Gasteiger partial charge is 0.396 e. The van der Waals surface area contributed by atoms with E-state index in [1.165, 1.54) is 12.8 Å². The number of hydrogen-bond acceptors (Lipinski definition) is 3. The first-order chi connectivity index (χ1) is 11.6. The van der Waals surface area contributed by atoms with E-state index in [-0.39, 0.29) is 29.8 Å². The monoisotopic (exact) mass is 328 g/mol. The van der Waals surface area contributed by atoms with Crippen molar-refractivity contribution in [2.45, 2.75) is 19.3 Å². The number of benzene rings is 1. The van der Waals surface area contributed by atoms with Gasteiger partial charge in [-0.3, -0.25) is 9.59 Å². The van der Waals surface area contributed by atoms with Crippen molar-refractivity contribution in [2.24, 2.45) is 17.3 Å². The molecule has 0 bridgehead atoms. The Morgan fingerprint density at radius 3 is 2.38 bits per heavy atom. The summed E-state index contributed by atoms with van der Waals surface area (Å²) >= 11 is 0. The number of carbonyl (C=O) groups excluding carboxylic acids is 2. The first-order valence-corrected chi connectivity index (χ1v) is 8.84. The third kappa shape index (κ3) is 2.71. The molecular formula is C19H24N2O3. The normalized spacial score (nSPS) is 29.0. The van der Waals surface area contributed by atoms with Crippen LogP contribution in [0.3, 0.4) is 0 Å². The summed E-state index contributed by atoms with van der Waals surface area (Å²) < 4.78 is 0. The van der Waals surface area contributed by atoms with Crippen LogP contribution in [0.25, 0.3) is 0 Å². The molecule has 2 saturated heterocycles. The average Bonchev–Trinajstić information content (AvgIpc) is 3.23. The molecule has 2 aliphatic heterocycles. The second kappa shape index (κ2) is 5.88. The maximum Gasteiger partial charge on any atom is 0.253 e. The first-order valence-electron chi connectivity index (χ1n) is 8.84. The molecule has 24 heavy (non-hydrogen) atoms. The van der Waals surface area contributed by atoms with Gasteiger partial charge in [0.1, 0.15) is 0 Å². The maximum atomic E-state index is 12.7. The van der Waals surface area contributed by atoms with Gasteiger partial charge in [0.05, 0.1) is 6.61 Å². The number of likely N-dealkylation sites (tertiary alicyclic amines) is 2. The van der Waals surface area contributed by atoms with Crippen LogP contribution in [0.2, 0.25) is 0 Å². The Morgan fingerprint density at radius 2 is 1.75 bits per heavy atom. The van der Waals surface area contributed by atoms with Gasteiger partial charge in [0.25, 0.3) is 5.91 Å². The van der Waals surface area contributed by atoms with E-state index in [9.17, 15) is 14.7 Å². The Hall–Kier alpha value is -1.88. The van der Waals surface area contributed by atoms with Crippen LogP contribution in [0.1, 0.15) is 29.6 Å². The van der Waals surface area contributed by atoms with E-state index in [1.807, 2.05) is 40.1 Å². The second-order valence-corrected chi connectivity index (χ2v) is 7.69. The summed E-state index contributed by atoms with van der Waals surface area (Å²) in [4.78, 5) is 28.8. The molecular weight excluding hydrogens is 304 g/mol. The van der Waals surface area contributed by atoms with E-state index in [1.54, 1.807) is 0 Å². The number of rotatable bonds is 4. The summed E-state index contributed by atoms with van der Waals surface area (Å²) in [6, 6.07) is 9.28. The maximum absolute atomic E-state index is 12.7. The zero-order chi connectivity index (χ0) is 16.7. The predicted molar refractivity (Wildman–Crippen MR) is 89.3 cm³/mol. The number of hydrogen-bond donors (Lipinski definition) is 1. The van der Waals surface area contributed by atoms with Crippen molar-refractivity contribution >= 4 is 11.8 Å². The molecule has 2 amide bonds. The van der Waals surface area contributed by atoms with Crippen LogP contribution in [-0.2, 0) is 4.79 Å².